The molecule has 0 amide bonds. The Morgan fingerprint density at radius 1 is 1.44 bits per heavy atom. The van der Waals surface area contributed by atoms with Gasteiger partial charge in [-0.05, 0) is 25.7 Å². The van der Waals surface area contributed by atoms with Crippen LogP contribution in [0.5, 0.6) is 0 Å². The van der Waals surface area contributed by atoms with E-state index in [1.165, 1.54) is 0 Å². The van der Waals surface area contributed by atoms with Crippen molar-refractivity contribution in [3.05, 3.63) is 0 Å². The first kappa shape index (κ1) is 13.8. The van der Waals surface area contributed by atoms with Gasteiger partial charge in [0.25, 0.3) is 0 Å². The van der Waals surface area contributed by atoms with Crippen LogP contribution in [0, 0.1) is 16.7 Å². The van der Waals surface area contributed by atoms with E-state index in [0.29, 0.717) is 12.8 Å². The van der Waals surface area contributed by atoms with E-state index in [4.69, 9.17) is 4.74 Å². The molecule has 1 N–H and O–H groups in total. The summed E-state index contributed by atoms with van der Waals surface area (Å²) < 4.78 is 28.6. The quantitative estimate of drug-likeness (QED) is 0.797. The highest BCUT2D eigenvalue weighted by Crippen LogP contribution is 2.48. The van der Waals surface area contributed by atoms with Crippen LogP contribution in [0.2, 0.25) is 0 Å². The fourth-order valence-electron chi connectivity index (χ4n) is 3.25. The lowest BCUT2D eigenvalue weighted by Crippen LogP contribution is -2.52. The number of aliphatic hydroxyl groups is 1. The van der Waals surface area contributed by atoms with Crippen molar-refractivity contribution >= 4 is 9.84 Å². The number of rotatable bonds is 2. The van der Waals surface area contributed by atoms with Gasteiger partial charge in [0.1, 0.15) is 5.41 Å². The molecule has 0 aromatic heterocycles. The minimum atomic E-state index is -3.20. The van der Waals surface area contributed by atoms with E-state index in [9.17, 15) is 18.8 Å². The highest BCUT2D eigenvalue weighted by molar-refractivity contribution is 7.91. The standard InChI is InChI=1S/C12H19NO4S/c1-17-10-3-2-4-12(14,7-10)11(8-13)5-6-18(15,16)9-11/h10,14H,2-7,9H2,1H3. The van der Waals surface area contributed by atoms with Gasteiger partial charge in [-0.3, -0.25) is 0 Å². The molecule has 3 unspecified atom stereocenters. The maximum absolute atomic E-state index is 11.6. The van der Waals surface area contributed by atoms with E-state index in [1.807, 2.05) is 0 Å². The minimum absolute atomic E-state index is 0.000515. The van der Waals surface area contributed by atoms with Crippen LogP contribution < -0.4 is 0 Å². The molecule has 0 aromatic carbocycles. The Balaban J connectivity index is 2.30. The van der Waals surface area contributed by atoms with Crippen molar-refractivity contribution in [2.45, 2.75) is 43.8 Å². The van der Waals surface area contributed by atoms with E-state index in [1.54, 1.807) is 7.11 Å². The first-order valence-electron chi connectivity index (χ1n) is 6.23. The molecule has 0 spiro atoms. The van der Waals surface area contributed by atoms with Crippen LogP contribution in [0.15, 0.2) is 0 Å². The summed E-state index contributed by atoms with van der Waals surface area (Å²) in [5.74, 6) is -0.218. The number of nitriles is 1. The van der Waals surface area contributed by atoms with Gasteiger partial charge in [-0.15, -0.1) is 0 Å². The highest BCUT2D eigenvalue weighted by atomic mass is 32.2. The maximum atomic E-state index is 11.6. The predicted molar refractivity (Wildman–Crippen MR) is 65.5 cm³/mol. The Morgan fingerprint density at radius 3 is 2.67 bits per heavy atom. The first-order chi connectivity index (χ1) is 8.36. The van der Waals surface area contributed by atoms with E-state index >= 15 is 0 Å². The van der Waals surface area contributed by atoms with Crippen molar-refractivity contribution in [3.63, 3.8) is 0 Å². The van der Waals surface area contributed by atoms with E-state index < -0.39 is 20.9 Å². The van der Waals surface area contributed by atoms with Crippen LogP contribution in [-0.4, -0.2) is 43.8 Å². The third kappa shape index (κ3) is 2.15. The van der Waals surface area contributed by atoms with E-state index in [0.717, 1.165) is 12.8 Å². The summed E-state index contributed by atoms with van der Waals surface area (Å²) in [6.45, 7) is 0. The van der Waals surface area contributed by atoms with Crippen molar-refractivity contribution in [3.8, 4) is 6.07 Å². The topological polar surface area (TPSA) is 87.4 Å². The summed E-state index contributed by atoms with van der Waals surface area (Å²) in [4.78, 5) is 0. The normalized spacial score (nSPS) is 43.5. The molecular weight excluding hydrogens is 254 g/mol. The van der Waals surface area contributed by atoms with E-state index in [-0.39, 0.29) is 24.0 Å². The Labute approximate surface area is 108 Å². The van der Waals surface area contributed by atoms with Crippen LogP contribution in [0.3, 0.4) is 0 Å². The fourth-order valence-corrected chi connectivity index (χ4v) is 5.28. The molecule has 2 aliphatic rings. The molecule has 2 fully saturated rings. The van der Waals surface area contributed by atoms with Crippen molar-refractivity contribution < 1.29 is 18.3 Å². The molecule has 0 aromatic rings. The number of ether oxygens (including phenoxy) is 1. The number of methoxy groups -OCH3 is 1. The molecule has 0 bridgehead atoms. The number of hydrogen-bond donors (Lipinski definition) is 1. The number of sulfone groups is 1. The van der Waals surface area contributed by atoms with Crippen molar-refractivity contribution in [1.82, 2.24) is 0 Å². The van der Waals surface area contributed by atoms with Crippen LogP contribution in [0.4, 0.5) is 0 Å². The molecule has 6 heteroatoms. The molecule has 1 aliphatic heterocycles. The lowest BCUT2D eigenvalue weighted by molar-refractivity contribution is -0.111. The number of nitrogens with zero attached hydrogens (tertiary/aromatic N) is 1. The molecule has 1 heterocycles. The first-order valence-corrected chi connectivity index (χ1v) is 8.05. The zero-order chi connectivity index (χ0) is 13.4. The Hall–Kier alpha value is -0.640. The van der Waals surface area contributed by atoms with Gasteiger partial charge in [0.15, 0.2) is 9.84 Å². The highest BCUT2D eigenvalue weighted by Gasteiger charge is 2.58. The molecule has 5 nitrogen and oxygen atoms in total. The van der Waals surface area contributed by atoms with Gasteiger partial charge in [-0.25, -0.2) is 8.42 Å². The zero-order valence-corrected chi connectivity index (χ0v) is 11.4. The largest absolute Gasteiger partial charge is 0.388 e. The summed E-state index contributed by atoms with van der Waals surface area (Å²) in [5, 5.41) is 20.2. The fraction of sp³-hybridized carbons (Fsp3) is 0.917. The second-order valence-corrected chi connectivity index (χ2v) is 7.71. The summed E-state index contributed by atoms with van der Waals surface area (Å²) in [6.07, 6.45) is 2.60. The van der Waals surface area contributed by atoms with Gasteiger partial charge in [-0.2, -0.15) is 5.26 Å². The molecule has 3 atom stereocenters. The van der Waals surface area contributed by atoms with E-state index in [2.05, 4.69) is 6.07 Å². The van der Waals surface area contributed by atoms with Gasteiger partial charge >= 0.3 is 0 Å². The minimum Gasteiger partial charge on any atom is -0.388 e. The Kier molecular flexibility index (Phi) is 3.43. The van der Waals surface area contributed by atoms with Crippen molar-refractivity contribution in [1.29, 1.82) is 5.26 Å². The average molecular weight is 273 g/mol. The van der Waals surface area contributed by atoms with Gasteiger partial charge in [-0.1, -0.05) is 0 Å². The summed E-state index contributed by atoms with van der Waals surface area (Å²) in [6, 6.07) is 2.10. The molecule has 102 valence electrons. The smallest absolute Gasteiger partial charge is 0.152 e. The summed E-state index contributed by atoms with van der Waals surface area (Å²) >= 11 is 0. The molecule has 2 rings (SSSR count). The van der Waals surface area contributed by atoms with Crippen molar-refractivity contribution in [2.24, 2.45) is 5.41 Å². The van der Waals surface area contributed by atoms with Crippen molar-refractivity contribution in [2.75, 3.05) is 18.6 Å². The second kappa shape index (κ2) is 4.48. The van der Waals surface area contributed by atoms with Gasteiger partial charge in [0, 0.05) is 13.5 Å². The zero-order valence-electron chi connectivity index (χ0n) is 10.6. The second-order valence-electron chi connectivity index (χ2n) is 5.52. The van der Waals surface area contributed by atoms with Crippen LogP contribution in [0.25, 0.3) is 0 Å². The molecular formula is C12H19NO4S. The van der Waals surface area contributed by atoms with Gasteiger partial charge < -0.3 is 9.84 Å². The lowest BCUT2D eigenvalue weighted by atomic mass is 9.65. The van der Waals surface area contributed by atoms with Gasteiger partial charge in [0.2, 0.25) is 0 Å². The molecule has 1 saturated heterocycles. The van der Waals surface area contributed by atoms with Crippen LogP contribution in [0.1, 0.15) is 32.1 Å². The average Bonchev–Trinajstić information content (AvgIpc) is 2.67. The van der Waals surface area contributed by atoms with Crippen LogP contribution in [-0.2, 0) is 14.6 Å². The molecule has 1 aliphatic carbocycles. The lowest BCUT2D eigenvalue weighted by Gasteiger charge is -2.44. The Morgan fingerprint density at radius 2 is 2.17 bits per heavy atom. The monoisotopic (exact) mass is 273 g/mol. The number of hydrogen-bond acceptors (Lipinski definition) is 5. The van der Waals surface area contributed by atoms with Gasteiger partial charge in [0.05, 0.1) is 29.3 Å². The Bertz CT molecular complexity index is 469. The summed E-state index contributed by atoms with van der Waals surface area (Å²) in [5.41, 5.74) is -2.38. The third-order valence-electron chi connectivity index (χ3n) is 4.43. The molecule has 1 saturated carbocycles. The predicted octanol–water partition coefficient (Wildman–Crippen LogP) is 0.635. The third-order valence-corrected chi connectivity index (χ3v) is 6.18. The molecule has 18 heavy (non-hydrogen) atoms. The maximum Gasteiger partial charge on any atom is 0.152 e. The SMILES string of the molecule is COC1CCCC(O)(C2(C#N)CCS(=O)(=O)C2)C1. The summed E-state index contributed by atoms with van der Waals surface area (Å²) in [7, 11) is -1.62. The van der Waals surface area contributed by atoms with Crippen LogP contribution >= 0.6 is 0 Å². The molecule has 0 radical (unpaired) electrons.